The van der Waals surface area contributed by atoms with Gasteiger partial charge in [-0.3, -0.25) is 4.90 Å². The molecule has 1 aromatic carbocycles. The maximum absolute atomic E-state index is 6.07. The van der Waals surface area contributed by atoms with Crippen LogP contribution in [0.2, 0.25) is 0 Å². The van der Waals surface area contributed by atoms with Gasteiger partial charge in [0, 0.05) is 52.3 Å². The van der Waals surface area contributed by atoms with Crippen LogP contribution in [-0.2, 0) is 18.3 Å². The lowest BCUT2D eigenvalue weighted by Gasteiger charge is -2.35. The predicted octanol–water partition coefficient (Wildman–Crippen LogP) is 3.36. The average molecular weight is 398 g/mol. The Morgan fingerprint density at radius 3 is 2.48 bits per heavy atom. The Hall–Kier alpha value is -1.92. The normalized spacial score (nSPS) is 23.7. The zero-order chi connectivity index (χ0) is 20.6. The molecule has 2 aromatic rings. The molecule has 0 aliphatic carbocycles. The Morgan fingerprint density at radius 1 is 1.07 bits per heavy atom. The number of benzene rings is 1. The molecule has 2 aliphatic heterocycles. The second kappa shape index (κ2) is 8.07. The van der Waals surface area contributed by atoms with E-state index in [-0.39, 0.29) is 11.5 Å². The zero-order valence-corrected chi connectivity index (χ0v) is 18.6. The first-order chi connectivity index (χ1) is 13.8. The molecular weight excluding hydrogens is 362 g/mol. The van der Waals surface area contributed by atoms with Gasteiger partial charge in [0.25, 0.3) is 0 Å². The summed E-state index contributed by atoms with van der Waals surface area (Å²) in [6.45, 7) is 14.9. The monoisotopic (exact) mass is 397 g/mol. The van der Waals surface area contributed by atoms with E-state index < -0.39 is 0 Å². The Balaban J connectivity index is 1.41. The van der Waals surface area contributed by atoms with Crippen LogP contribution >= 0.6 is 0 Å². The number of hydrogen-bond acceptors (Lipinski definition) is 5. The Bertz CT molecular complexity index is 832. The number of hydrogen-bond donors (Lipinski definition) is 0. The molecule has 0 spiro atoms. The molecule has 0 saturated carbocycles. The van der Waals surface area contributed by atoms with Gasteiger partial charge >= 0.3 is 0 Å². The van der Waals surface area contributed by atoms with Crippen molar-refractivity contribution in [2.45, 2.75) is 52.7 Å². The predicted molar refractivity (Wildman–Crippen MR) is 116 cm³/mol. The fraction of sp³-hybridized carbons (Fsp3) is 0.652. The summed E-state index contributed by atoms with van der Waals surface area (Å²) in [5.74, 6) is 2.39. The summed E-state index contributed by atoms with van der Waals surface area (Å²) in [6, 6.07) is 8.69. The van der Waals surface area contributed by atoms with Crippen molar-refractivity contribution < 1.29 is 4.74 Å². The van der Waals surface area contributed by atoms with E-state index >= 15 is 0 Å². The molecule has 0 radical (unpaired) electrons. The SMILES string of the molecule is Cc1ccccc1CN1CCN(c2nnc([C@H]3CCO[C@@H]3C(C)(C)C)n2C)CC1. The highest BCUT2D eigenvalue weighted by Crippen LogP contribution is 2.40. The van der Waals surface area contributed by atoms with Gasteiger partial charge in [0.2, 0.25) is 5.95 Å². The van der Waals surface area contributed by atoms with Crippen molar-refractivity contribution in [1.82, 2.24) is 19.7 Å². The van der Waals surface area contributed by atoms with Gasteiger partial charge in [-0.1, -0.05) is 45.0 Å². The number of rotatable bonds is 4. The van der Waals surface area contributed by atoms with E-state index in [0.717, 1.165) is 57.5 Å². The van der Waals surface area contributed by atoms with E-state index in [4.69, 9.17) is 4.74 Å². The lowest BCUT2D eigenvalue weighted by molar-refractivity contribution is 0.0192. The van der Waals surface area contributed by atoms with Crippen molar-refractivity contribution in [1.29, 1.82) is 0 Å². The van der Waals surface area contributed by atoms with Crippen molar-refractivity contribution in [3.63, 3.8) is 0 Å². The van der Waals surface area contributed by atoms with Crippen molar-refractivity contribution >= 4 is 5.95 Å². The number of anilines is 1. The first kappa shape index (κ1) is 20.4. The van der Waals surface area contributed by atoms with E-state index in [9.17, 15) is 0 Å². The fourth-order valence-electron chi connectivity index (χ4n) is 4.77. The lowest BCUT2D eigenvalue weighted by atomic mass is 9.81. The summed E-state index contributed by atoms with van der Waals surface area (Å²) in [6.07, 6.45) is 1.22. The van der Waals surface area contributed by atoms with Crippen molar-refractivity contribution in [3.8, 4) is 0 Å². The standard InChI is InChI=1S/C23H35N5O/c1-17-8-6-7-9-18(17)16-27-11-13-28(14-12-27)22-25-24-21(26(22)5)19-10-15-29-20(19)23(2,3)4/h6-9,19-20H,10-16H2,1-5H3/t19-,20-/m0/s1. The minimum atomic E-state index is 0.106. The molecule has 6 nitrogen and oxygen atoms in total. The van der Waals surface area contributed by atoms with Gasteiger partial charge in [0.1, 0.15) is 5.82 Å². The molecule has 6 heteroatoms. The highest BCUT2D eigenvalue weighted by atomic mass is 16.5. The fourth-order valence-corrected chi connectivity index (χ4v) is 4.77. The highest BCUT2D eigenvalue weighted by molar-refractivity contribution is 5.33. The van der Waals surface area contributed by atoms with Crippen LogP contribution in [0.15, 0.2) is 24.3 Å². The summed E-state index contributed by atoms with van der Waals surface area (Å²) in [4.78, 5) is 4.92. The summed E-state index contributed by atoms with van der Waals surface area (Å²) in [7, 11) is 2.11. The minimum Gasteiger partial charge on any atom is -0.377 e. The molecule has 0 N–H and O–H groups in total. The van der Waals surface area contributed by atoms with Gasteiger partial charge in [0.15, 0.2) is 0 Å². The van der Waals surface area contributed by atoms with Crippen LogP contribution in [0.25, 0.3) is 0 Å². The first-order valence-electron chi connectivity index (χ1n) is 10.9. The van der Waals surface area contributed by atoms with E-state index in [0.29, 0.717) is 5.92 Å². The van der Waals surface area contributed by atoms with Gasteiger partial charge in [-0.15, -0.1) is 10.2 Å². The van der Waals surface area contributed by atoms with Crippen molar-refractivity contribution in [2.24, 2.45) is 12.5 Å². The molecule has 29 heavy (non-hydrogen) atoms. The average Bonchev–Trinajstić information content (AvgIpc) is 3.31. The number of aromatic nitrogens is 3. The maximum atomic E-state index is 6.07. The van der Waals surface area contributed by atoms with E-state index in [2.05, 4.69) is 83.6 Å². The Kier molecular flexibility index (Phi) is 5.67. The third-order valence-electron chi connectivity index (χ3n) is 6.47. The van der Waals surface area contributed by atoms with Crippen LogP contribution in [0, 0.1) is 12.3 Å². The molecule has 2 atom stereocenters. The molecule has 2 aliphatic rings. The van der Waals surface area contributed by atoms with E-state index in [1.165, 1.54) is 11.1 Å². The zero-order valence-electron chi connectivity index (χ0n) is 18.6. The van der Waals surface area contributed by atoms with Gasteiger partial charge in [-0.2, -0.15) is 0 Å². The summed E-state index contributed by atoms with van der Waals surface area (Å²) in [5, 5.41) is 9.20. The molecule has 158 valence electrons. The van der Waals surface area contributed by atoms with Gasteiger partial charge < -0.3 is 14.2 Å². The first-order valence-corrected chi connectivity index (χ1v) is 10.9. The number of piperazine rings is 1. The van der Waals surface area contributed by atoms with Crippen LogP contribution in [0.5, 0.6) is 0 Å². The Labute approximate surface area is 174 Å². The van der Waals surface area contributed by atoms with Crippen LogP contribution < -0.4 is 4.90 Å². The van der Waals surface area contributed by atoms with E-state index in [1.54, 1.807) is 0 Å². The van der Waals surface area contributed by atoms with Crippen LogP contribution in [0.1, 0.15) is 50.1 Å². The summed E-state index contributed by atoms with van der Waals surface area (Å²) < 4.78 is 8.28. The van der Waals surface area contributed by atoms with Crippen LogP contribution in [0.3, 0.4) is 0 Å². The molecular formula is C23H35N5O. The summed E-state index contributed by atoms with van der Waals surface area (Å²) in [5.41, 5.74) is 2.91. The number of ether oxygens (including phenoxy) is 1. The van der Waals surface area contributed by atoms with E-state index in [1.807, 2.05) is 0 Å². The number of nitrogens with zero attached hydrogens (tertiary/aromatic N) is 5. The van der Waals surface area contributed by atoms with Gasteiger partial charge in [-0.05, 0) is 29.9 Å². The molecule has 0 bridgehead atoms. The smallest absolute Gasteiger partial charge is 0.227 e. The molecule has 2 fully saturated rings. The third-order valence-corrected chi connectivity index (χ3v) is 6.47. The molecule has 4 rings (SSSR count). The van der Waals surface area contributed by atoms with Crippen LogP contribution in [-0.4, -0.2) is 58.6 Å². The Morgan fingerprint density at radius 2 is 1.79 bits per heavy atom. The third kappa shape index (κ3) is 4.19. The molecule has 0 unspecified atom stereocenters. The minimum absolute atomic E-state index is 0.106. The highest BCUT2D eigenvalue weighted by Gasteiger charge is 2.41. The number of aryl methyl sites for hydroxylation is 1. The molecule has 0 amide bonds. The topological polar surface area (TPSA) is 46.4 Å². The van der Waals surface area contributed by atoms with Crippen molar-refractivity contribution in [3.05, 3.63) is 41.2 Å². The summed E-state index contributed by atoms with van der Waals surface area (Å²) >= 11 is 0. The lowest BCUT2D eigenvalue weighted by Crippen LogP contribution is -2.47. The van der Waals surface area contributed by atoms with Gasteiger partial charge in [-0.25, -0.2) is 0 Å². The van der Waals surface area contributed by atoms with Crippen LogP contribution in [0.4, 0.5) is 5.95 Å². The van der Waals surface area contributed by atoms with Gasteiger partial charge in [0.05, 0.1) is 6.10 Å². The second-order valence-corrected chi connectivity index (χ2v) is 9.66. The van der Waals surface area contributed by atoms with Crippen molar-refractivity contribution in [2.75, 3.05) is 37.7 Å². The maximum Gasteiger partial charge on any atom is 0.227 e. The quantitative estimate of drug-likeness (QED) is 0.792. The molecule has 2 saturated heterocycles. The molecule has 1 aromatic heterocycles. The second-order valence-electron chi connectivity index (χ2n) is 9.66. The largest absolute Gasteiger partial charge is 0.377 e. The molecule has 3 heterocycles.